The monoisotopic (exact) mass is 447 g/mol. The number of carbonyl (C=O) groups excluding carboxylic acids is 1. The van der Waals surface area contributed by atoms with Crippen LogP contribution in [0.15, 0.2) is 29.6 Å². The smallest absolute Gasteiger partial charge is 0.369 e. The summed E-state index contributed by atoms with van der Waals surface area (Å²) in [6.07, 6.45) is -4.97. The molecule has 1 aromatic heterocycles. The molecule has 1 heterocycles. The van der Waals surface area contributed by atoms with Crippen molar-refractivity contribution in [1.82, 2.24) is 4.98 Å². The van der Waals surface area contributed by atoms with Crippen LogP contribution in [0, 0.1) is 0 Å². The van der Waals surface area contributed by atoms with Gasteiger partial charge in [0, 0.05) is 5.38 Å². The molecule has 0 bridgehead atoms. The van der Waals surface area contributed by atoms with Crippen LogP contribution < -0.4 is 10.0 Å². The number of thiazole rings is 1. The maximum atomic E-state index is 13.1. The lowest BCUT2D eigenvalue weighted by Gasteiger charge is -2.23. The summed E-state index contributed by atoms with van der Waals surface area (Å²) in [7, 11) is -6.10. The van der Waals surface area contributed by atoms with Crippen LogP contribution in [0.3, 0.4) is 0 Å². The van der Waals surface area contributed by atoms with Crippen molar-refractivity contribution in [2.24, 2.45) is 5.73 Å². The summed E-state index contributed by atoms with van der Waals surface area (Å²) in [6, 6.07) is 4.10. The number of benzene rings is 1. The van der Waals surface area contributed by atoms with Gasteiger partial charge in [0.25, 0.3) is 0 Å². The molecule has 1 amide bonds. The van der Waals surface area contributed by atoms with Crippen LogP contribution in [0.1, 0.15) is 24.1 Å². The summed E-state index contributed by atoms with van der Waals surface area (Å²) in [4.78, 5) is 14.2. The highest BCUT2D eigenvalue weighted by Crippen LogP contribution is 2.41. The van der Waals surface area contributed by atoms with Crippen LogP contribution in [-0.2, 0) is 21.0 Å². The minimum Gasteiger partial charge on any atom is -0.369 e. The maximum Gasteiger partial charge on any atom is 0.517 e. The van der Waals surface area contributed by atoms with Crippen molar-refractivity contribution < 1.29 is 39.6 Å². The van der Waals surface area contributed by atoms with Gasteiger partial charge in [-0.2, -0.15) is 34.8 Å². The molecule has 1 aromatic carbocycles. The summed E-state index contributed by atoms with van der Waals surface area (Å²) in [5.41, 5.74) is -2.55. The Labute approximate surface area is 158 Å². The van der Waals surface area contributed by atoms with Crippen molar-refractivity contribution in [3.05, 3.63) is 40.9 Å². The minimum atomic E-state index is -6.10. The number of amides is 1. The van der Waals surface area contributed by atoms with Gasteiger partial charge >= 0.3 is 21.7 Å². The van der Waals surface area contributed by atoms with Gasteiger partial charge in [0.2, 0.25) is 11.0 Å². The molecule has 0 radical (unpaired) electrons. The second-order valence-electron chi connectivity index (χ2n) is 5.44. The quantitative estimate of drug-likeness (QED) is 0.707. The number of sulfonamides is 1. The number of hydrogen-bond donors (Lipinski definition) is 1. The van der Waals surface area contributed by atoms with Crippen LogP contribution in [0.4, 0.5) is 37.2 Å². The molecule has 0 aliphatic carbocycles. The van der Waals surface area contributed by atoms with Gasteiger partial charge in [-0.3, -0.25) is 4.79 Å². The minimum absolute atomic E-state index is 0.0793. The maximum absolute atomic E-state index is 13.1. The highest BCUT2D eigenvalue weighted by atomic mass is 32.2. The lowest BCUT2D eigenvalue weighted by atomic mass is 10.0. The molecule has 6 nitrogen and oxygen atoms in total. The van der Waals surface area contributed by atoms with Crippen molar-refractivity contribution in [1.29, 1.82) is 0 Å². The fourth-order valence-electron chi connectivity index (χ4n) is 2.01. The Hall–Kier alpha value is -2.35. The molecule has 0 fully saturated rings. The zero-order chi connectivity index (χ0) is 21.5. The van der Waals surface area contributed by atoms with E-state index in [1.807, 2.05) is 0 Å². The second-order valence-corrected chi connectivity index (χ2v) is 8.06. The normalized spacial score (nSPS) is 14.0. The molecule has 154 valence electrons. The van der Waals surface area contributed by atoms with Crippen LogP contribution in [-0.4, -0.2) is 24.8 Å². The summed E-state index contributed by atoms with van der Waals surface area (Å²) >= 11 is 0.0793. The third-order valence-electron chi connectivity index (χ3n) is 3.54. The number of rotatable bonds is 5. The van der Waals surface area contributed by atoms with E-state index in [4.69, 9.17) is 5.73 Å². The number of primary amides is 1. The molecule has 2 rings (SSSR count). The number of anilines is 2. The predicted octanol–water partition coefficient (Wildman–Crippen LogP) is 3.74. The van der Waals surface area contributed by atoms with Gasteiger partial charge in [-0.05, 0) is 24.6 Å². The van der Waals surface area contributed by atoms with Gasteiger partial charge in [-0.15, -0.1) is 11.3 Å². The molecular weight excluding hydrogens is 436 g/mol. The molecular formula is C14H11F6N3O3S2. The zero-order valence-electron chi connectivity index (χ0n) is 13.7. The highest BCUT2D eigenvalue weighted by Gasteiger charge is 2.52. The van der Waals surface area contributed by atoms with E-state index >= 15 is 0 Å². The van der Waals surface area contributed by atoms with E-state index in [0.29, 0.717) is 5.38 Å². The van der Waals surface area contributed by atoms with Gasteiger partial charge in [0.1, 0.15) is 0 Å². The standard InChI is InChI=1S/C14H11F6N3O3S2/c1-7(11(21)24)8-2-4-9(5-3-8)23(28(25,26)14(18,19)20)12-22-10(6-27-12)13(15,16)17/h2-7H,1H3,(H2,21,24)/t7-/m0/s1. The van der Waals surface area contributed by atoms with Crippen LogP contribution in [0.5, 0.6) is 0 Å². The number of carbonyl (C=O) groups is 1. The van der Waals surface area contributed by atoms with Crippen LogP contribution >= 0.6 is 11.3 Å². The summed E-state index contributed by atoms with van der Waals surface area (Å²) in [6.45, 7) is 1.41. The number of alkyl halides is 6. The number of halogens is 6. The van der Waals surface area contributed by atoms with E-state index in [1.165, 1.54) is 6.92 Å². The van der Waals surface area contributed by atoms with Gasteiger partial charge < -0.3 is 5.73 Å². The van der Waals surface area contributed by atoms with E-state index in [9.17, 15) is 39.6 Å². The van der Waals surface area contributed by atoms with E-state index in [1.54, 1.807) is 0 Å². The van der Waals surface area contributed by atoms with Crippen molar-refractivity contribution in [2.45, 2.75) is 24.5 Å². The molecule has 0 aliphatic heterocycles. The second kappa shape index (κ2) is 7.24. The largest absolute Gasteiger partial charge is 0.517 e. The first-order valence-electron chi connectivity index (χ1n) is 7.20. The topological polar surface area (TPSA) is 93.4 Å². The van der Waals surface area contributed by atoms with E-state index in [0.717, 1.165) is 24.3 Å². The Morgan fingerprint density at radius 2 is 1.68 bits per heavy atom. The molecule has 1 atom stereocenters. The fraction of sp³-hybridized carbons (Fsp3) is 0.286. The van der Waals surface area contributed by atoms with Gasteiger partial charge in [0.05, 0.1) is 11.6 Å². The third-order valence-corrected chi connectivity index (χ3v) is 5.93. The Morgan fingerprint density at radius 3 is 2.07 bits per heavy atom. The van der Waals surface area contributed by atoms with Crippen LogP contribution in [0.2, 0.25) is 0 Å². The molecule has 2 N–H and O–H groups in total. The third kappa shape index (κ3) is 4.22. The molecule has 0 saturated heterocycles. The average Bonchev–Trinajstić information content (AvgIpc) is 3.03. The van der Waals surface area contributed by atoms with E-state index < -0.39 is 50.0 Å². The molecule has 28 heavy (non-hydrogen) atoms. The first kappa shape index (κ1) is 21.9. The first-order valence-corrected chi connectivity index (χ1v) is 9.52. The highest BCUT2D eigenvalue weighted by molar-refractivity contribution is 7.94. The number of nitrogens with zero attached hydrogens (tertiary/aromatic N) is 2. The Bertz CT molecular complexity index is 967. The summed E-state index contributed by atoms with van der Waals surface area (Å²) in [5.74, 6) is -1.55. The number of aromatic nitrogens is 1. The summed E-state index contributed by atoms with van der Waals surface area (Å²) in [5, 5.41) is -0.641. The van der Waals surface area contributed by atoms with E-state index in [2.05, 4.69) is 4.98 Å². The Kier molecular flexibility index (Phi) is 5.67. The lowest BCUT2D eigenvalue weighted by molar-refractivity contribution is -0.140. The van der Waals surface area contributed by atoms with Crippen LogP contribution in [0.25, 0.3) is 0 Å². The van der Waals surface area contributed by atoms with Crippen molar-refractivity contribution >= 4 is 38.1 Å². The van der Waals surface area contributed by atoms with Gasteiger partial charge in [0.15, 0.2) is 5.69 Å². The van der Waals surface area contributed by atoms with Crippen molar-refractivity contribution in [3.8, 4) is 0 Å². The fourth-order valence-corrected chi connectivity index (χ4v) is 4.04. The lowest BCUT2D eigenvalue weighted by Crippen LogP contribution is -2.37. The van der Waals surface area contributed by atoms with Crippen molar-refractivity contribution in [3.63, 3.8) is 0 Å². The Morgan fingerprint density at radius 1 is 1.14 bits per heavy atom. The molecule has 0 aliphatic rings. The molecule has 2 aromatic rings. The van der Waals surface area contributed by atoms with Gasteiger partial charge in [-0.25, -0.2) is 9.29 Å². The molecule has 14 heteroatoms. The SMILES string of the molecule is C[C@H](C(N)=O)c1ccc(N(c2nc(C(F)(F)F)cs2)S(=O)(=O)C(F)(F)F)cc1. The number of hydrogen-bond acceptors (Lipinski definition) is 5. The van der Waals surface area contributed by atoms with Crippen molar-refractivity contribution in [2.75, 3.05) is 4.31 Å². The van der Waals surface area contributed by atoms with Gasteiger partial charge in [-0.1, -0.05) is 12.1 Å². The average molecular weight is 447 g/mol. The Balaban J connectivity index is 2.60. The van der Waals surface area contributed by atoms with E-state index in [-0.39, 0.29) is 21.2 Å². The predicted molar refractivity (Wildman–Crippen MR) is 88.3 cm³/mol. The molecule has 0 unspecified atom stereocenters. The molecule has 0 spiro atoms. The summed E-state index contributed by atoms with van der Waals surface area (Å²) < 4.78 is 101. The molecule has 0 saturated carbocycles. The zero-order valence-corrected chi connectivity index (χ0v) is 15.4. The number of nitrogens with two attached hydrogens (primary N) is 1. The first-order chi connectivity index (χ1) is 12.7.